The predicted molar refractivity (Wildman–Crippen MR) is 92.8 cm³/mol. The van der Waals surface area contributed by atoms with Crippen LogP contribution in [0.25, 0.3) is 11.0 Å². The molecule has 0 aliphatic heterocycles. The highest BCUT2D eigenvalue weighted by Gasteiger charge is 2.18. The second kappa shape index (κ2) is 6.88. The predicted octanol–water partition coefficient (Wildman–Crippen LogP) is 3.27. The molecule has 24 heavy (non-hydrogen) atoms. The highest BCUT2D eigenvalue weighted by Crippen LogP contribution is 2.30. The van der Waals surface area contributed by atoms with E-state index < -0.39 is 5.97 Å². The molecule has 0 aromatic carbocycles. The summed E-state index contributed by atoms with van der Waals surface area (Å²) in [5.41, 5.74) is 2.35. The van der Waals surface area contributed by atoms with E-state index >= 15 is 0 Å². The Hall–Kier alpha value is -2.61. The van der Waals surface area contributed by atoms with Crippen molar-refractivity contribution < 1.29 is 9.53 Å². The number of rotatable bonds is 5. The average Bonchev–Trinajstić information content (AvgIpc) is 3.02. The Kier molecular flexibility index (Phi) is 4.66. The van der Waals surface area contributed by atoms with Crippen LogP contribution in [-0.2, 0) is 11.2 Å². The summed E-state index contributed by atoms with van der Waals surface area (Å²) in [6.45, 7) is 5.97. The van der Waals surface area contributed by atoms with Crippen molar-refractivity contribution in [2.24, 2.45) is 0 Å². The Bertz CT molecular complexity index is 893. The lowest BCUT2D eigenvalue weighted by Gasteiger charge is -2.12. The fourth-order valence-electron chi connectivity index (χ4n) is 2.22. The van der Waals surface area contributed by atoms with Crippen molar-refractivity contribution in [2.45, 2.75) is 27.2 Å². The molecule has 0 atom stereocenters. The van der Waals surface area contributed by atoms with Gasteiger partial charge in [-0.3, -0.25) is 0 Å². The van der Waals surface area contributed by atoms with Crippen LogP contribution in [0.15, 0.2) is 18.3 Å². The first kappa shape index (κ1) is 16.3. The van der Waals surface area contributed by atoms with Gasteiger partial charge in [0.1, 0.15) is 10.6 Å². The molecule has 0 spiro atoms. The molecule has 1 N–H and O–H groups in total. The van der Waals surface area contributed by atoms with E-state index in [4.69, 9.17) is 4.74 Å². The summed E-state index contributed by atoms with van der Waals surface area (Å²) in [5.74, 6) is -0.435. The van der Waals surface area contributed by atoms with Gasteiger partial charge in [-0.25, -0.2) is 14.8 Å². The van der Waals surface area contributed by atoms with Gasteiger partial charge in [0.25, 0.3) is 0 Å². The van der Waals surface area contributed by atoms with Crippen molar-refractivity contribution in [3.8, 4) is 0 Å². The zero-order chi connectivity index (χ0) is 17.1. The van der Waals surface area contributed by atoms with Gasteiger partial charge in [0.05, 0.1) is 12.3 Å². The maximum Gasteiger partial charge on any atom is 0.341 e. The number of nitrogens with one attached hydrogen (secondary N) is 1. The summed E-state index contributed by atoms with van der Waals surface area (Å²) in [7, 11) is 0. The van der Waals surface area contributed by atoms with Gasteiger partial charge in [-0.1, -0.05) is 18.3 Å². The van der Waals surface area contributed by atoms with E-state index in [1.807, 2.05) is 26.0 Å². The number of esters is 1. The molecular weight excluding hydrogens is 326 g/mol. The summed E-state index contributed by atoms with van der Waals surface area (Å²) >= 11 is 1.45. The smallest absolute Gasteiger partial charge is 0.341 e. The van der Waals surface area contributed by atoms with E-state index in [-0.39, 0.29) is 0 Å². The standard InChI is InChI=1S/C16H17N5O2S/c1-4-12-20-21-16(24-12)19-13-10-7-6-9(3)18-14(10)17-8-11(13)15(22)23-5-2/h6-8H,4-5H2,1-3H3,(H,17,18,19,21). The van der Waals surface area contributed by atoms with Crippen molar-refractivity contribution in [3.63, 3.8) is 0 Å². The van der Waals surface area contributed by atoms with Crippen LogP contribution in [0.2, 0.25) is 0 Å². The zero-order valence-electron chi connectivity index (χ0n) is 13.7. The summed E-state index contributed by atoms with van der Waals surface area (Å²) in [6, 6.07) is 3.76. The van der Waals surface area contributed by atoms with E-state index in [0.717, 1.165) is 22.5 Å². The molecule has 3 aromatic heterocycles. The average molecular weight is 343 g/mol. The van der Waals surface area contributed by atoms with Crippen LogP contribution in [-0.4, -0.2) is 32.7 Å². The summed E-state index contributed by atoms with van der Waals surface area (Å²) in [4.78, 5) is 21.0. The van der Waals surface area contributed by atoms with Gasteiger partial charge < -0.3 is 10.1 Å². The number of ether oxygens (including phenoxy) is 1. The van der Waals surface area contributed by atoms with Gasteiger partial charge in [-0.05, 0) is 32.4 Å². The maximum absolute atomic E-state index is 12.3. The molecule has 7 nitrogen and oxygen atoms in total. The van der Waals surface area contributed by atoms with E-state index in [1.165, 1.54) is 17.5 Å². The fourth-order valence-corrected chi connectivity index (χ4v) is 2.91. The van der Waals surface area contributed by atoms with Crippen molar-refractivity contribution >= 4 is 39.2 Å². The number of pyridine rings is 2. The number of aromatic nitrogens is 4. The third kappa shape index (κ3) is 3.18. The molecule has 3 aromatic rings. The second-order valence-electron chi connectivity index (χ2n) is 5.07. The van der Waals surface area contributed by atoms with Crippen LogP contribution in [0.1, 0.15) is 34.9 Å². The number of hydrogen-bond donors (Lipinski definition) is 1. The molecule has 0 aliphatic rings. The highest BCUT2D eigenvalue weighted by molar-refractivity contribution is 7.15. The van der Waals surface area contributed by atoms with Gasteiger partial charge in [0.2, 0.25) is 5.13 Å². The quantitative estimate of drug-likeness (QED) is 0.711. The van der Waals surface area contributed by atoms with Crippen LogP contribution >= 0.6 is 11.3 Å². The number of nitrogens with zero attached hydrogens (tertiary/aromatic N) is 4. The van der Waals surface area contributed by atoms with Gasteiger partial charge in [0.15, 0.2) is 5.65 Å². The molecule has 124 valence electrons. The van der Waals surface area contributed by atoms with E-state index in [2.05, 4.69) is 25.5 Å². The third-order valence-corrected chi connectivity index (χ3v) is 4.35. The Balaban J connectivity index is 2.12. The molecule has 3 heterocycles. The lowest BCUT2D eigenvalue weighted by Crippen LogP contribution is -2.09. The number of carbonyl (C=O) groups is 1. The van der Waals surface area contributed by atoms with Crippen LogP contribution in [0.4, 0.5) is 10.8 Å². The largest absolute Gasteiger partial charge is 0.462 e. The van der Waals surface area contributed by atoms with Gasteiger partial charge in [-0.2, -0.15) is 0 Å². The number of anilines is 2. The minimum absolute atomic E-state index is 0.293. The first-order valence-electron chi connectivity index (χ1n) is 7.65. The number of fused-ring (bicyclic) bond motifs is 1. The molecule has 0 saturated carbocycles. The number of hydrogen-bond acceptors (Lipinski definition) is 8. The van der Waals surface area contributed by atoms with Crippen molar-refractivity contribution in [1.82, 2.24) is 20.2 Å². The topological polar surface area (TPSA) is 89.9 Å². The summed E-state index contributed by atoms with van der Waals surface area (Å²) < 4.78 is 5.13. The Morgan fingerprint density at radius 1 is 1.29 bits per heavy atom. The third-order valence-electron chi connectivity index (χ3n) is 3.37. The van der Waals surface area contributed by atoms with Crippen molar-refractivity contribution in [2.75, 3.05) is 11.9 Å². The first-order valence-corrected chi connectivity index (χ1v) is 8.47. The SMILES string of the molecule is CCOC(=O)c1cnc2nc(C)ccc2c1Nc1nnc(CC)s1. The maximum atomic E-state index is 12.3. The van der Waals surface area contributed by atoms with Crippen LogP contribution in [0.3, 0.4) is 0 Å². The summed E-state index contributed by atoms with van der Waals surface area (Å²) in [5, 5.41) is 13.7. The molecular formula is C16H17N5O2S. The molecule has 8 heteroatoms. The number of aryl methyl sites for hydroxylation is 2. The normalized spacial score (nSPS) is 10.8. The van der Waals surface area contributed by atoms with E-state index in [9.17, 15) is 4.79 Å². The highest BCUT2D eigenvalue weighted by atomic mass is 32.1. The molecule has 0 saturated heterocycles. The number of carbonyl (C=O) groups excluding carboxylic acids is 1. The minimum atomic E-state index is -0.435. The van der Waals surface area contributed by atoms with Gasteiger partial charge in [0, 0.05) is 17.3 Å². The van der Waals surface area contributed by atoms with E-state index in [1.54, 1.807) is 6.92 Å². The fraction of sp³-hybridized carbons (Fsp3) is 0.312. The molecule has 0 unspecified atom stereocenters. The minimum Gasteiger partial charge on any atom is -0.462 e. The first-order chi connectivity index (χ1) is 11.6. The molecule has 0 bridgehead atoms. The van der Waals surface area contributed by atoms with Crippen LogP contribution < -0.4 is 5.32 Å². The zero-order valence-corrected chi connectivity index (χ0v) is 14.5. The molecule has 0 amide bonds. The second-order valence-corrected chi connectivity index (χ2v) is 6.13. The Morgan fingerprint density at radius 2 is 2.12 bits per heavy atom. The van der Waals surface area contributed by atoms with Gasteiger partial charge >= 0.3 is 5.97 Å². The molecule has 3 rings (SSSR count). The molecule has 0 fully saturated rings. The monoisotopic (exact) mass is 343 g/mol. The molecule has 0 radical (unpaired) electrons. The van der Waals surface area contributed by atoms with Crippen LogP contribution in [0, 0.1) is 6.92 Å². The lowest BCUT2D eigenvalue weighted by atomic mass is 10.1. The molecule has 0 aliphatic carbocycles. The summed E-state index contributed by atoms with van der Waals surface area (Å²) in [6.07, 6.45) is 2.29. The van der Waals surface area contributed by atoms with Gasteiger partial charge in [-0.15, -0.1) is 10.2 Å². The van der Waals surface area contributed by atoms with Crippen molar-refractivity contribution in [1.29, 1.82) is 0 Å². The lowest BCUT2D eigenvalue weighted by molar-refractivity contribution is 0.0527. The van der Waals surface area contributed by atoms with E-state index in [0.29, 0.717) is 28.6 Å². The van der Waals surface area contributed by atoms with Crippen LogP contribution in [0.5, 0.6) is 0 Å². The Labute approximate surface area is 143 Å². The Morgan fingerprint density at radius 3 is 2.83 bits per heavy atom. The van der Waals surface area contributed by atoms with Crippen molar-refractivity contribution in [3.05, 3.63) is 34.6 Å².